The monoisotopic (exact) mass is 555 g/mol. The number of amides is 1. The lowest BCUT2D eigenvalue weighted by Gasteiger charge is -2.32. The molecule has 39 heavy (non-hydrogen) atoms. The van der Waals surface area contributed by atoms with Gasteiger partial charge in [-0.3, -0.25) is 9.69 Å². The van der Waals surface area contributed by atoms with Crippen LogP contribution in [0.2, 0.25) is 0 Å². The Morgan fingerprint density at radius 3 is 2.38 bits per heavy atom. The van der Waals surface area contributed by atoms with Crippen molar-refractivity contribution in [3.63, 3.8) is 0 Å². The summed E-state index contributed by atoms with van der Waals surface area (Å²) in [6.07, 6.45) is 4.16. The number of hydrogen-bond acceptors (Lipinski definition) is 9. The minimum absolute atomic E-state index is 0.00368. The number of nitriles is 1. The molecule has 3 N–H and O–H groups in total. The first-order chi connectivity index (χ1) is 18.7. The molecule has 4 rings (SSSR count). The van der Waals surface area contributed by atoms with Crippen LogP contribution in [0.1, 0.15) is 40.3 Å². The van der Waals surface area contributed by atoms with Crippen molar-refractivity contribution in [2.24, 2.45) is 5.92 Å². The quantitative estimate of drug-likeness (QED) is 0.332. The fourth-order valence-corrected chi connectivity index (χ4v) is 4.55. The Kier molecular flexibility index (Phi) is 10.8. The Morgan fingerprint density at radius 2 is 1.79 bits per heavy atom. The normalized spacial score (nSPS) is 13.8. The summed E-state index contributed by atoms with van der Waals surface area (Å²) in [5.41, 5.74) is 1.12. The van der Waals surface area contributed by atoms with Crippen LogP contribution >= 0.6 is 11.3 Å². The third-order valence-corrected chi connectivity index (χ3v) is 6.77. The number of hydrogen-bond donors (Lipinski definition) is 3. The highest BCUT2D eigenvalue weighted by Gasteiger charge is 2.21. The van der Waals surface area contributed by atoms with E-state index in [2.05, 4.69) is 26.4 Å². The van der Waals surface area contributed by atoms with Crippen LogP contribution in [0.3, 0.4) is 0 Å². The number of aliphatic carboxylic acids is 2. The van der Waals surface area contributed by atoms with Gasteiger partial charge in [0.15, 0.2) is 0 Å². The molecule has 3 heterocycles. The highest BCUT2D eigenvalue weighted by Crippen LogP contribution is 2.26. The number of carboxylic acid groups (broad SMARTS) is 2. The predicted molar refractivity (Wildman–Crippen MR) is 138 cm³/mol. The first-order valence-electron chi connectivity index (χ1n) is 12.0. The number of carbonyl (C=O) groups excluding carboxylic acids is 1. The molecule has 3 aromatic rings. The van der Waals surface area contributed by atoms with Gasteiger partial charge in [-0.2, -0.15) is 10.2 Å². The van der Waals surface area contributed by atoms with Crippen molar-refractivity contribution >= 4 is 29.2 Å². The summed E-state index contributed by atoms with van der Waals surface area (Å²) < 4.78 is 18.2. The molecule has 11 nitrogen and oxygen atoms in total. The molecule has 0 aliphatic carbocycles. The molecule has 204 valence electrons. The van der Waals surface area contributed by atoms with Crippen molar-refractivity contribution in [1.82, 2.24) is 20.4 Å². The average Bonchev–Trinajstić information content (AvgIpc) is 3.60. The van der Waals surface area contributed by atoms with E-state index in [1.54, 1.807) is 12.1 Å². The van der Waals surface area contributed by atoms with Gasteiger partial charge >= 0.3 is 11.9 Å². The molecule has 1 aliphatic rings. The van der Waals surface area contributed by atoms with Gasteiger partial charge in [0.25, 0.3) is 17.6 Å². The molecule has 0 bridgehead atoms. The van der Waals surface area contributed by atoms with E-state index in [1.165, 1.54) is 23.5 Å². The summed E-state index contributed by atoms with van der Waals surface area (Å²) in [5, 5.41) is 31.1. The molecule has 0 saturated carbocycles. The standard InChI is InChI=1S/C22H22FN5O2S.C4H4O4/c23-17-3-1-16(2-4-17)14-28-11-8-15(9-12-28)7-10-25-21(29)20-26-22(30-27-20)19-6-5-18(13-24)31-19;5-3(6)1-2-4(7)8/h1-6,15H,7-12,14H2,(H,25,29);1-2H,(H,5,6)(H,7,8)/b;2-1+. The number of halogens is 1. The second-order valence-electron chi connectivity index (χ2n) is 8.60. The Morgan fingerprint density at radius 1 is 1.13 bits per heavy atom. The minimum atomic E-state index is -1.26. The third-order valence-electron chi connectivity index (χ3n) is 5.79. The van der Waals surface area contributed by atoms with Gasteiger partial charge in [0, 0.05) is 25.2 Å². The van der Waals surface area contributed by atoms with Crippen LogP contribution in [0.5, 0.6) is 0 Å². The van der Waals surface area contributed by atoms with E-state index in [1.807, 2.05) is 12.1 Å². The molecule has 1 amide bonds. The Balaban J connectivity index is 0.000000459. The fourth-order valence-electron chi connectivity index (χ4n) is 3.82. The molecule has 0 atom stereocenters. The summed E-state index contributed by atoms with van der Waals surface area (Å²) in [6.45, 7) is 3.39. The van der Waals surface area contributed by atoms with Crippen molar-refractivity contribution in [3.8, 4) is 16.8 Å². The fraction of sp³-hybridized carbons (Fsp3) is 0.308. The molecule has 2 aromatic heterocycles. The van der Waals surface area contributed by atoms with Crippen molar-refractivity contribution < 1.29 is 33.5 Å². The van der Waals surface area contributed by atoms with Crippen molar-refractivity contribution in [3.05, 3.63) is 70.6 Å². The van der Waals surface area contributed by atoms with Gasteiger partial charge in [0.2, 0.25) is 0 Å². The molecule has 1 saturated heterocycles. The first kappa shape index (κ1) is 29.2. The van der Waals surface area contributed by atoms with Crippen LogP contribution in [0, 0.1) is 23.1 Å². The van der Waals surface area contributed by atoms with Gasteiger partial charge in [0.1, 0.15) is 16.8 Å². The number of rotatable bonds is 9. The van der Waals surface area contributed by atoms with E-state index in [0.717, 1.165) is 44.5 Å². The number of carboxylic acids is 2. The van der Waals surface area contributed by atoms with Crippen LogP contribution < -0.4 is 5.32 Å². The SMILES string of the molecule is N#Cc1ccc(-c2nc(C(=O)NCCC3CCN(Cc4ccc(F)cc4)CC3)no2)s1.O=C(O)/C=C/C(=O)O. The zero-order valence-electron chi connectivity index (χ0n) is 20.7. The number of carbonyl (C=O) groups is 3. The number of thiophene rings is 1. The molecular weight excluding hydrogens is 529 g/mol. The van der Waals surface area contributed by atoms with E-state index >= 15 is 0 Å². The summed E-state index contributed by atoms with van der Waals surface area (Å²) in [6, 6.07) is 12.1. The number of likely N-dealkylation sites (tertiary alicyclic amines) is 1. The number of piperidine rings is 1. The van der Waals surface area contributed by atoms with Gasteiger partial charge in [-0.15, -0.1) is 11.3 Å². The third kappa shape index (κ3) is 9.76. The molecular formula is C26H26FN5O6S. The van der Waals surface area contributed by atoms with E-state index in [-0.39, 0.29) is 23.4 Å². The summed E-state index contributed by atoms with van der Waals surface area (Å²) in [5.74, 6) is -2.29. The summed E-state index contributed by atoms with van der Waals surface area (Å²) in [7, 11) is 0. The van der Waals surface area contributed by atoms with E-state index in [4.69, 9.17) is 20.0 Å². The molecule has 1 aromatic carbocycles. The van der Waals surface area contributed by atoms with E-state index in [9.17, 15) is 18.8 Å². The van der Waals surface area contributed by atoms with E-state index in [0.29, 0.717) is 34.4 Å². The second kappa shape index (κ2) is 14.5. The lowest BCUT2D eigenvalue weighted by atomic mass is 9.93. The van der Waals surface area contributed by atoms with Gasteiger partial charge < -0.3 is 20.1 Å². The van der Waals surface area contributed by atoms with Crippen LogP contribution in [0.15, 0.2) is 53.1 Å². The van der Waals surface area contributed by atoms with Gasteiger partial charge in [-0.1, -0.05) is 17.3 Å². The lowest BCUT2D eigenvalue weighted by Crippen LogP contribution is -2.35. The van der Waals surface area contributed by atoms with Crippen molar-refractivity contribution in [1.29, 1.82) is 5.26 Å². The summed E-state index contributed by atoms with van der Waals surface area (Å²) >= 11 is 1.24. The topological polar surface area (TPSA) is 170 Å². The highest BCUT2D eigenvalue weighted by atomic mass is 32.1. The van der Waals surface area contributed by atoms with Crippen LogP contribution in [0.25, 0.3) is 10.8 Å². The molecule has 0 spiro atoms. The Bertz CT molecular complexity index is 1320. The minimum Gasteiger partial charge on any atom is -0.478 e. The Labute approximate surface area is 227 Å². The smallest absolute Gasteiger partial charge is 0.328 e. The lowest BCUT2D eigenvalue weighted by molar-refractivity contribution is -0.134. The zero-order valence-corrected chi connectivity index (χ0v) is 21.6. The zero-order chi connectivity index (χ0) is 28.2. The maximum Gasteiger partial charge on any atom is 0.328 e. The highest BCUT2D eigenvalue weighted by molar-refractivity contribution is 7.15. The van der Waals surface area contributed by atoms with Crippen molar-refractivity contribution in [2.45, 2.75) is 25.8 Å². The Hall–Kier alpha value is -4.41. The van der Waals surface area contributed by atoms with Crippen LogP contribution in [0.4, 0.5) is 4.39 Å². The average molecular weight is 556 g/mol. The number of aromatic nitrogens is 2. The van der Waals surface area contributed by atoms with Crippen LogP contribution in [-0.2, 0) is 16.1 Å². The molecule has 1 fully saturated rings. The molecule has 0 unspecified atom stereocenters. The number of nitrogens with zero attached hydrogens (tertiary/aromatic N) is 4. The van der Waals surface area contributed by atoms with Crippen LogP contribution in [-0.4, -0.2) is 62.7 Å². The van der Waals surface area contributed by atoms with Gasteiger partial charge in [-0.05, 0) is 68.1 Å². The summed E-state index contributed by atoms with van der Waals surface area (Å²) in [4.78, 5) is 39.1. The molecule has 1 aliphatic heterocycles. The van der Waals surface area contributed by atoms with Gasteiger partial charge in [-0.25, -0.2) is 14.0 Å². The van der Waals surface area contributed by atoms with Gasteiger partial charge in [0.05, 0.1) is 4.88 Å². The van der Waals surface area contributed by atoms with Crippen molar-refractivity contribution in [2.75, 3.05) is 19.6 Å². The largest absolute Gasteiger partial charge is 0.478 e. The molecule has 13 heteroatoms. The number of nitrogens with one attached hydrogen (secondary N) is 1. The maximum absolute atomic E-state index is 13.0. The predicted octanol–water partition coefficient (Wildman–Crippen LogP) is 3.55. The first-order valence-corrected chi connectivity index (χ1v) is 12.8. The van der Waals surface area contributed by atoms with E-state index < -0.39 is 11.9 Å². The second-order valence-corrected chi connectivity index (χ2v) is 9.68. The maximum atomic E-state index is 13.0. The molecule has 0 radical (unpaired) electrons. The number of benzene rings is 1.